The summed E-state index contributed by atoms with van der Waals surface area (Å²) in [7, 11) is 0. The first-order valence-electron chi connectivity index (χ1n) is 6.12. The second-order valence-electron chi connectivity index (χ2n) is 4.57. The summed E-state index contributed by atoms with van der Waals surface area (Å²) >= 11 is 1.28. The maximum Gasteiger partial charge on any atom is 0.324 e. The molecule has 112 valence electrons. The van der Waals surface area contributed by atoms with Crippen LogP contribution in [0.4, 0.5) is 17.6 Å². The zero-order valence-corrected chi connectivity index (χ0v) is 11.5. The molecule has 0 aromatic carbocycles. The zero-order chi connectivity index (χ0) is 14.9. The molecule has 1 amide bonds. The quantitative estimate of drug-likeness (QED) is 0.848. The number of hydrogen-bond acceptors (Lipinski definition) is 3. The predicted molar refractivity (Wildman–Crippen MR) is 66.9 cm³/mol. The lowest BCUT2D eigenvalue weighted by atomic mass is 10.2. The molecule has 1 aromatic heterocycles. The first kappa shape index (κ1) is 15.2. The predicted octanol–water partition coefficient (Wildman–Crippen LogP) is 2.86. The SMILES string of the molecule is CCC1NC(c2cccs2)N(CC(F)(F)C(F)F)C1=O. The maximum atomic E-state index is 13.2. The molecule has 0 radical (unpaired) electrons. The summed E-state index contributed by atoms with van der Waals surface area (Å²) in [4.78, 5) is 13.5. The van der Waals surface area contributed by atoms with Gasteiger partial charge in [-0.05, 0) is 17.9 Å². The van der Waals surface area contributed by atoms with Crippen molar-refractivity contribution in [1.29, 1.82) is 0 Å². The maximum absolute atomic E-state index is 13.2. The average Bonchev–Trinajstić information content (AvgIpc) is 2.99. The van der Waals surface area contributed by atoms with Gasteiger partial charge in [-0.25, -0.2) is 8.78 Å². The summed E-state index contributed by atoms with van der Waals surface area (Å²) in [6, 6.07) is 2.78. The lowest BCUT2D eigenvalue weighted by Crippen LogP contribution is -2.44. The number of hydrogen-bond donors (Lipinski definition) is 1. The van der Waals surface area contributed by atoms with Crippen LogP contribution in [0.25, 0.3) is 0 Å². The van der Waals surface area contributed by atoms with Crippen molar-refractivity contribution in [2.45, 2.75) is 37.9 Å². The molecule has 1 fully saturated rings. The fourth-order valence-corrected chi connectivity index (χ4v) is 2.92. The van der Waals surface area contributed by atoms with Gasteiger partial charge in [0.1, 0.15) is 6.17 Å². The van der Waals surface area contributed by atoms with Gasteiger partial charge >= 0.3 is 12.3 Å². The third-order valence-electron chi connectivity index (χ3n) is 3.17. The normalized spacial score (nSPS) is 23.9. The number of nitrogens with zero attached hydrogens (tertiary/aromatic N) is 1. The van der Waals surface area contributed by atoms with Crippen LogP contribution in [0.1, 0.15) is 24.4 Å². The first-order chi connectivity index (χ1) is 9.36. The summed E-state index contributed by atoms with van der Waals surface area (Å²) in [6.45, 7) is 0.450. The Hall–Kier alpha value is -1.15. The van der Waals surface area contributed by atoms with Gasteiger partial charge < -0.3 is 4.90 Å². The molecule has 2 rings (SSSR count). The number of halogens is 4. The molecule has 3 nitrogen and oxygen atoms in total. The molecule has 2 atom stereocenters. The highest BCUT2D eigenvalue weighted by molar-refractivity contribution is 7.10. The van der Waals surface area contributed by atoms with Crippen molar-refractivity contribution in [1.82, 2.24) is 10.2 Å². The molecule has 0 saturated carbocycles. The summed E-state index contributed by atoms with van der Waals surface area (Å²) in [6.07, 6.45) is -4.14. The van der Waals surface area contributed by atoms with Gasteiger partial charge in [-0.1, -0.05) is 13.0 Å². The molecule has 0 aliphatic carbocycles. The Balaban J connectivity index is 2.24. The van der Waals surface area contributed by atoms with Crippen LogP contribution >= 0.6 is 11.3 Å². The van der Waals surface area contributed by atoms with Crippen molar-refractivity contribution >= 4 is 17.2 Å². The lowest BCUT2D eigenvalue weighted by molar-refractivity contribution is -0.157. The summed E-state index contributed by atoms with van der Waals surface area (Å²) < 4.78 is 51.2. The largest absolute Gasteiger partial charge is 0.324 e. The van der Waals surface area contributed by atoms with Crippen molar-refractivity contribution in [3.8, 4) is 0 Å². The zero-order valence-electron chi connectivity index (χ0n) is 10.7. The Kier molecular flexibility index (Phi) is 4.33. The Morgan fingerprint density at radius 3 is 2.70 bits per heavy atom. The molecule has 1 saturated heterocycles. The van der Waals surface area contributed by atoms with Crippen LogP contribution in [-0.2, 0) is 4.79 Å². The Morgan fingerprint density at radius 2 is 2.20 bits per heavy atom. The molecular formula is C12H14F4N2OS. The Morgan fingerprint density at radius 1 is 1.50 bits per heavy atom. The molecule has 1 aromatic rings. The number of nitrogens with one attached hydrogen (secondary N) is 1. The van der Waals surface area contributed by atoms with Gasteiger partial charge in [-0.15, -0.1) is 11.3 Å². The minimum absolute atomic E-state index is 0.414. The highest BCUT2D eigenvalue weighted by Gasteiger charge is 2.49. The van der Waals surface area contributed by atoms with E-state index in [0.29, 0.717) is 11.3 Å². The van der Waals surface area contributed by atoms with Gasteiger partial charge in [0, 0.05) is 4.88 Å². The summed E-state index contributed by atoms with van der Waals surface area (Å²) in [5.41, 5.74) is 0. The van der Waals surface area contributed by atoms with Crippen LogP contribution < -0.4 is 5.32 Å². The van der Waals surface area contributed by atoms with Gasteiger partial charge in [0.05, 0.1) is 12.6 Å². The topological polar surface area (TPSA) is 32.3 Å². The molecule has 1 aliphatic rings. The van der Waals surface area contributed by atoms with Crippen molar-refractivity contribution in [2.75, 3.05) is 6.54 Å². The second kappa shape index (κ2) is 5.69. The van der Waals surface area contributed by atoms with Gasteiger partial charge in [0.2, 0.25) is 5.91 Å². The molecule has 8 heteroatoms. The molecule has 1 aliphatic heterocycles. The lowest BCUT2D eigenvalue weighted by Gasteiger charge is -2.27. The van der Waals surface area contributed by atoms with E-state index in [1.165, 1.54) is 11.3 Å². The highest BCUT2D eigenvalue weighted by Crippen LogP contribution is 2.33. The third-order valence-corrected chi connectivity index (χ3v) is 4.10. The number of amides is 1. The van der Waals surface area contributed by atoms with Gasteiger partial charge in [-0.3, -0.25) is 10.1 Å². The van der Waals surface area contributed by atoms with E-state index >= 15 is 0 Å². The van der Waals surface area contributed by atoms with E-state index in [9.17, 15) is 22.4 Å². The Labute approximate surface area is 117 Å². The van der Waals surface area contributed by atoms with Crippen LogP contribution in [0.2, 0.25) is 0 Å². The Bertz CT molecular complexity index is 466. The molecular weight excluding hydrogens is 296 g/mol. The van der Waals surface area contributed by atoms with Crippen LogP contribution in [0.15, 0.2) is 17.5 Å². The second-order valence-corrected chi connectivity index (χ2v) is 5.55. The third kappa shape index (κ3) is 2.80. The number of rotatable bonds is 5. The molecule has 1 N–H and O–H groups in total. The van der Waals surface area contributed by atoms with E-state index in [1.807, 2.05) is 0 Å². The molecule has 0 spiro atoms. The van der Waals surface area contributed by atoms with E-state index in [1.54, 1.807) is 24.4 Å². The van der Waals surface area contributed by atoms with Crippen molar-refractivity contribution in [2.24, 2.45) is 0 Å². The standard InChI is InChI=1S/C12H14F4N2OS/c1-2-7-10(19)18(6-12(15,16)11(13)14)9(17-7)8-4-3-5-20-8/h3-5,7,9,11,17H,2,6H2,1H3. The van der Waals surface area contributed by atoms with Gasteiger partial charge in [-0.2, -0.15) is 8.78 Å². The monoisotopic (exact) mass is 310 g/mol. The van der Waals surface area contributed by atoms with E-state index in [4.69, 9.17) is 0 Å². The van der Waals surface area contributed by atoms with Crippen LogP contribution in [0.5, 0.6) is 0 Å². The number of carbonyl (C=O) groups excluding carboxylic acids is 1. The van der Waals surface area contributed by atoms with Crippen LogP contribution in [0, 0.1) is 0 Å². The molecule has 2 heterocycles. The molecule has 20 heavy (non-hydrogen) atoms. The van der Waals surface area contributed by atoms with Crippen LogP contribution in [-0.4, -0.2) is 35.7 Å². The minimum Gasteiger partial charge on any atom is -0.314 e. The first-order valence-corrected chi connectivity index (χ1v) is 7.00. The molecule has 2 unspecified atom stereocenters. The molecule has 0 bridgehead atoms. The number of thiophene rings is 1. The van der Waals surface area contributed by atoms with Crippen molar-refractivity contribution in [3.05, 3.63) is 22.4 Å². The summed E-state index contributed by atoms with van der Waals surface area (Å²) in [5.74, 6) is -4.78. The van der Waals surface area contributed by atoms with E-state index in [-0.39, 0.29) is 0 Å². The van der Waals surface area contributed by atoms with E-state index in [0.717, 1.165) is 4.90 Å². The number of carbonyl (C=O) groups is 1. The van der Waals surface area contributed by atoms with Crippen LogP contribution in [0.3, 0.4) is 0 Å². The van der Waals surface area contributed by atoms with E-state index < -0.39 is 37.0 Å². The average molecular weight is 310 g/mol. The fourth-order valence-electron chi connectivity index (χ4n) is 2.12. The van der Waals surface area contributed by atoms with Crippen molar-refractivity contribution < 1.29 is 22.4 Å². The van der Waals surface area contributed by atoms with Crippen molar-refractivity contribution in [3.63, 3.8) is 0 Å². The van der Waals surface area contributed by atoms with E-state index in [2.05, 4.69) is 5.32 Å². The fraction of sp³-hybridized carbons (Fsp3) is 0.583. The van der Waals surface area contributed by atoms with Gasteiger partial charge in [0.15, 0.2) is 0 Å². The summed E-state index contributed by atoms with van der Waals surface area (Å²) in [5, 5.41) is 4.65. The van der Waals surface area contributed by atoms with Gasteiger partial charge in [0.25, 0.3) is 0 Å². The number of alkyl halides is 4. The minimum atomic E-state index is -4.21. The highest BCUT2D eigenvalue weighted by atomic mass is 32.1. The smallest absolute Gasteiger partial charge is 0.314 e.